The predicted octanol–water partition coefficient (Wildman–Crippen LogP) is 0.161. The number of nitrogens with zero attached hydrogens (tertiary/aromatic N) is 1. The highest BCUT2D eigenvalue weighted by Crippen LogP contribution is 2.15. The summed E-state index contributed by atoms with van der Waals surface area (Å²) in [6, 6.07) is 0. The van der Waals surface area contributed by atoms with Crippen molar-refractivity contribution in [2.75, 3.05) is 26.7 Å². The quantitative estimate of drug-likeness (QED) is 0.621. The van der Waals surface area contributed by atoms with Crippen LogP contribution in [0.1, 0.15) is 33.6 Å². The molecule has 1 aliphatic heterocycles. The molecule has 6 heteroatoms. The molecule has 0 bridgehead atoms. The van der Waals surface area contributed by atoms with E-state index in [2.05, 4.69) is 15.5 Å². The van der Waals surface area contributed by atoms with E-state index in [0.29, 0.717) is 5.57 Å². The summed E-state index contributed by atoms with van der Waals surface area (Å²) in [5.41, 5.74) is 5.77. The van der Waals surface area contributed by atoms with Gasteiger partial charge in [0.2, 0.25) is 11.8 Å². The molecule has 0 unspecified atom stereocenters. The zero-order valence-corrected chi connectivity index (χ0v) is 12.4. The normalized spacial score (nSPS) is 15.1. The fourth-order valence-electron chi connectivity index (χ4n) is 1.94. The summed E-state index contributed by atoms with van der Waals surface area (Å²) in [5, 5.41) is 5.60. The lowest BCUT2D eigenvalue weighted by atomic mass is 10.2. The smallest absolute Gasteiger partial charge is 0.250 e. The highest BCUT2D eigenvalue weighted by molar-refractivity contribution is 5.93. The van der Waals surface area contributed by atoms with Crippen LogP contribution in [0.2, 0.25) is 0 Å². The maximum atomic E-state index is 11.4. The molecule has 0 radical (unpaired) electrons. The minimum atomic E-state index is -0.505. The van der Waals surface area contributed by atoms with Crippen LogP contribution in [0.5, 0.6) is 0 Å². The van der Waals surface area contributed by atoms with Gasteiger partial charge in [-0.25, -0.2) is 0 Å². The Morgan fingerprint density at radius 2 is 1.74 bits per heavy atom. The van der Waals surface area contributed by atoms with Crippen molar-refractivity contribution in [2.45, 2.75) is 33.6 Å². The Labute approximate surface area is 115 Å². The number of amides is 2. The van der Waals surface area contributed by atoms with Crippen LogP contribution in [0.4, 0.5) is 0 Å². The molecule has 0 aromatic heterocycles. The molecule has 6 nitrogen and oxygen atoms in total. The summed E-state index contributed by atoms with van der Waals surface area (Å²) in [6.45, 7) is 7.39. The van der Waals surface area contributed by atoms with Gasteiger partial charge in [-0.2, -0.15) is 0 Å². The van der Waals surface area contributed by atoms with Gasteiger partial charge in [-0.1, -0.05) is 13.8 Å². The fourth-order valence-corrected chi connectivity index (χ4v) is 1.94. The summed E-state index contributed by atoms with van der Waals surface area (Å²) in [6.07, 6.45) is 2.22. The number of primary amides is 1. The number of hydrogen-bond donors (Lipinski definition) is 3. The average molecular weight is 270 g/mol. The molecule has 0 spiro atoms. The molecule has 4 N–H and O–H groups in total. The number of hydrogen-bond acceptors (Lipinski definition) is 4. The lowest BCUT2D eigenvalue weighted by Gasteiger charge is -2.24. The third kappa shape index (κ3) is 5.63. The van der Waals surface area contributed by atoms with E-state index in [-0.39, 0.29) is 12.5 Å². The molecule has 2 amide bonds. The second kappa shape index (κ2) is 9.24. The molecule has 19 heavy (non-hydrogen) atoms. The lowest BCUT2D eigenvalue weighted by molar-refractivity contribution is -0.118. The standard InChI is InChI=1S/C11H20N4O2.C2H6/c1-8(16)14-7-9(10(12)17)11(13-2)15-5-3-4-6-15;1-2/h13H,3-7H2,1-2H3,(H2,12,17)(H,14,16);1-2H3/b11-9+;. The molecule has 0 aromatic rings. The van der Waals surface area contributed by atoms with Crippen LogP contribution in [0.25, 0.3) is 0 Å². The Morgan fingerprint density at radius 3 is 2.11 bits per heavy atom. The van der Waals surface area contributed by atoms with Crippen LogP contribution in [0.15, 0.2) is 11.4 Å². The first-order chi connectivity index (χ1) is 9.06. The molecule has 1 heterocycles. The molecule has 110 valence electrons. The molecule has 0 aromatic carbocycles. The number of rotatable bonds is 5. The number of nitrogens with one attached hydrogen (secondary N) is 2. The third-order valence-corrected chi connectivity index (χ3v) is 2.76. The van der Waals surface area contributed by atoms with Gasteiger partial charge in [-0.05, 0) is 12.8 Å². The van der Waals surface area contributed by atoms with Crippen LogP contribution < -0.4 is 16.4 Å². The van der Waals surface area contributed by atoms with Crippen LogP contribution >= 0.6 is 0 Å². The summed E-state index contributed by atoms with van der Waals surface area (Å²) in [7, 11) is 1.75. The van der Waals surface area contributed by atoms with E-state index >= 15 is 0 Å². The summed E-state index contributed by atoms with van der Waals surface area (Å²) >= 11 is 0. The van der Waals surface area contributed by atoms with E-state index in [1.54, 1.807) is 7.05 Å². The van der Waals surface area contributed by atoms with E-state index in [4.69, 9.17) is 5.73 Å². The molecule has 1 rings (SSSR count). The predicted molar refractivity (Wildman–Crippen MR) is 76.1 cm³/mol. The third-order valence-electron chi connectivity index (χ3n) is 2.76. The summed E-state index contributed by atoms with van der Waals surface area (Å²) in [4.78, 5) is 24.4. The highest BCUT2D eigenvalue weighted by atomic mass is 16.2. The number of carbonyl (C=O) groups is 2. The maximum absolute atomic E-state index is 11.4. The lowest BCUT2D eigenvalue weighted by Crippen LogP contribution is -2.37. The van der Waals surface area contributed by atoms with Crippen LogP contribution in [-0.4, -0.2) is 43.4 Å². The monoisotopic (exact) mass is 270 g/mol. The van der Waals surface area contributed by atoms with Crippen molar-refractivity contribution in [3.05, 3.63) is 11.4 Å². The van der Waals surface area contributed by atoms with Gasteiger partial charge in [0, 0.05) is 27.1 Å². The van der Waals surface area contributed by atoms with Crippen LogP contribution in [0, 0.1) is 0 Å². The minimum Gasteiger partial charge on any atom is -0.374 e. The second-order valence-electron chi connectivity index (χ2n) is 4.05. The van der Waals surface area contributed by atoms with Gasteiger partial charge in [-0.15, -0.1) is 0 Å². The zero-order valence-electron chi connectivity index (χ0n) is 12.4. The Morgan fingerprint density at radius 1 is 1.21 bits per heavy atom. The molecular weight excluding hydrogens is 244 g/mol. The minimum absolute atomic E-state index is 0.164. The molecule has 0 atom stereocenters. The van der Waals surface area contributed by atoms with Gasteiger partial charge in [0.05, 0.1) is 12.1 Å². The van der Waals surface area contributed by atoms with Crippen LogP contribution in [-0.2, 0) is 9.59 Å². The highest BCUT2D eigenvalue weighted by Gasteiger charge is 2.20. The first kappa shape index (κ1) is 17.3. The van der Waals surface area contributed by atoms with Crippen molar-refractivity contribution in [3.63, 3.8) is 0 Å². The second-order valence-corrected chi connectivity index (χ2v) is 4.05. The Hall–Kier alpha value is -1.72. The summed E-state index contributed by atoms with van der Waals surface area (Å²) < 4.78 is 0. The maximum Gasteiger partial charge on any atom is 0.250 e. The van der Waals surface area contributed by atoms with Crippen molar-refractivity contribution < 1.29 is 9.59 Å². The van der Waals surface area contributed by atoms with E-state index in [1.807, 2.05) is 13.8 Å². The summed E-state index contributed by atoms with van der Waals surface area (Å²) in [5.74, 6) is 0.0411. The molecule has 1 saturated heterocycles. The van der Waals surface area contributed by atoms with Gasteiger partial charge in [-0.3, -0.25) is 9.59 Å². The van der Waals surface area contributed by atoms with Gasteiger partial charge in [0.15, 0.2) is 0 Å². The topological polar surface area (TPSA) is 87.5 Å². The molecule has 0 aliphatic carbocycles. The number of likely N-dealkylation sites (tertiary alicyclic amines) is 1. The Balaban J connectivity index is 0.00000154. The molecule has 1 fully saturated rings. The van der Waals surface area contributed by atoms with E-state index in [0.717, 1.165) is 31.8 Å². The molecule has 0 saturated carbocycles. The molecular formula is C13H26N4O2. The first-order valence-corrected chi connectivity index (χ1v) is 6.76. The average Bonchev–Trinajstić information content (AvgIpc) is 2.89. The van der Waals surface area contributed by atoms with Crippen molar-refractivity contribution in [2.24, 2.45) is 5.73 Å². The van der Waals surface area contributed by atoms with Crippen molar-refractivity contribution in [1.82, 2.24) is 15.5 Å². The van der Waals surface area contributed by atoms with Gasteiger partial charge in [0.25, 0.3) is 0 Å². The van der Waals surface area contributed by atoms with Gasteiger partial charge < -0.3 is 21.3 Å². The van der Waals surface area contributed by atoms with E-state index < -0.39 is 5.91 Å². The largest absolute Gasteiger partial charge is 0.374 e. The van der Waals surface area contributed by atoms with Crippen molar-refractivity contribution >= 4 is 11.8 Å². The number of carbonyl (C=O) groups excluding carboxylic acids is 2. The van der Waals surface area contributed by atoms with Crippen molar-refractivity contribution in [3.8, 4) is 0 Å². The Bertz CT molecular complexity index is 334. The van der Waals surface area contributed by atoms with Gasteiger partial charge in [0.1, 0.15) is 5.82 Å². The van der Waals surface area contributed by atoms with E-state index in [1.165, 1.54) is 6.92 Å². The van der Waals surface area contributed by atoms with Crippen molar-refractivity contribution in [1.29, 1.82) is 0 Å². The number of nitrogens with two attached hydrogens (primary N) is 1. The zero-order chi connectivity index (χ0) is 14.8. The Kier molecular flexibility index (Phi) is 8.41. The SMILES string of the molecule is CC.CN/C(=C(/CNC(C)=O)C(N)=O)N1CCCC1. The van der Waals surface area contributed by atoms with E-state index in [9.17, 15) is 9.59 Å². The van der Waals surface area contributed by atoms with Gasteiger partial charge >= 0.3 is 0 Å². The fraction of sp³-hybridized carbons (Fsp3) is 0.692. The molecule has 1 aliphatic rings. The van der Waals surface area contributed by atoms with Crippen LogP contribution in [0.3, 0.4) is 0 Å². The first-order valence-electron chi connectivity index (χ1n) is 6.76.